The van der Waals surface area contributed by atoms with Crippen molar-refractivity contribution in [1.29, 1.82) is 0 Å². The summed E-state index contributed by atoms with van der Waals surface area (Å²) < 4.78 is 4.74. The van der Waals surface area contributed by atoms with Gasteiger partial charge in [-0.25, -0.2) is 19.6 Å². The highest BCUT2D eigenvalue weighted by atomic mass is 32.1. The topological polar surface area (TPSA) is 304 Å². The molecule has 0 fully saturated rings. The lowest BCUT2D eigenvalue weighted by Crippen LogP contribution is -2.48. The van der Waals surface area contributed by atoms with Gasteiger partial charge in [0.15, 0.2) is 10.3 Å². The first-order valence-corrected chi connectivity index (χ1v) is 23.0. The number of phenols is 2. The van der Waals surface area contributed by atoms with Crippen molar-refractivity contribution in [3.8, 4) is 11.5 Å². The van der Waals surface area contributed by atoms with Crippen molar-refractivity contribution in [1.82, 2.24) is 31.2 Å². The molecule has 6 aromatic rings. The number of anilines is 2. The predicted octanol–water partition coefficient (Wildman–Crippen LogP) is 4.11. The molecule has 350 valence electrons. The second-order valence-electron chi connectivity index (χ2n) is 13.9. The van der Waals surface area contributed by atoms with Crippen LogP contribution in [0.3, 0.4) is 0 Å². The third-order valence-corrected chi connectivity index (χ3v) is 12.7. The average Bonchev–Trinajstić information content (AvgIpc) is 4.13. The van der Waals surface area contributed by atoms with Gasteiger partial charge in [-0.15, -0.1) is 22.7 Å². The quantitative estimate of drug-likeness (QED) is 0.0548. The summed E-state index contributed by atoms with van der Waals surface area (Å²) in [6.07, 6.45) is 0.0164. The van der Waals surface area contributed by atoms with E-state index in [4.69, 9.17) is 4.74 Å². The smallest absolute Gasteiger partial charge is 0.330 e. The lowest BCUT2D eigenvalue weighted by Gasteiger charge is -2.16. The van der Waals surface area contributed by atoms with Gasteiger partial charge in [-0.1, -0.05) is 59.1 Å². The van der Waals surface area contributed by atoms with Gasteiger partial charge in [0.05, 0.1) is 41.1 Å². The number of aliphatic carboxylic acids is 1. The third kappa shape index (κ3) is 15.3. The normalized spacial score (nSPS) is 11.4. The van der Waals surface area contributed by atoms with Crippen LogP contribution < -0.4 is 31.9 Å². The molecule has 67 heavy (non-hydrogen) atoms. The maximum atomic E-state index is 12.8. The lowest BCUT2D eigenvalue weighted by atomic mass is 10.1. The molecule has 2 atom stereocenters. The van der Waals surface area contributed by atoms with Crippen LogP contribution in [0.2, 0.25) is 0 Å². The van der Waals surface area contributed by atoms with E-state index in [1.807, 2.05) is 0 Å². The fourth-order valence-electron chi connectivity index (χ4n) is 5.71. The monoisotopic (exact) mass is 990 g/mol. The molecule has 0 unspecified atom stereocenters. The van der Waals surface area contributed by atoms with E-state index in [1.165, 1.54) is 54.0 Å². The van der Waals surface area contributed by atoms with Crippen molar-refractivity contribution in [3.05, 3.63) is 126 Å². The molecule has 6 amide bonds. The average molecular weight is 991 g/mol. The largest absolute Gasteiger partial charge is 0.508 e. The Morgan fingerprint density at radius 2 is 1.04 bits per heavy atom. The van der Waals surface area contributed by atoms with Crippen LogP contribution in [0.1, 0.15) is 61.2 Å². The highest BCUT2D eigenvalue weighted by Gasteiger charge is 2.27. The first kappa shape index (κ1) is 50.5. The van der Waals surface area contributed by atoms with E-state index in [2.05, 4.69) is 41.9 Å². The molecule has 0 aliphatic carbocycles. The number of carbonyl (C=O) groups is 8. The second-order valence-corrected chi connectivity index (χ2v) is 17.8. The molecule has 0 radical (unpaired) electrons. The molecule has 2 aromatic carbocycles. The van der Waals surface area contributed by atoms with Gasteiger partial charge in [0.2, 0.25) is 11.8 Å². The first-order valence-electron chi connectivity index (χ1n) is 19.7. The summed E-state index contributed by atoms with van der Waals surface area (Å²) in [5.74, 6) is -4.76. The van der Waals surface area contributed by atoms with Gasteiger partial charge in [0.25, 0.3) is 23.6 Å². The van der Waals surface area contributed by atoms with Crippen molar-refractivity contribution in [2.75, 3.05) is 30.8 Å². The van der Waals surface area contributed by atoms with Crippen LogP contribution in [0.4, 0.5) is 10.3 Å². The highest BCUT2D eigenvalue weighted by Crippen LogP contribution is 2.25. The number of hydrogen-bond donors (Lipinski definition) is 9. The predicted molar refractivity (Wildman–Crippen MR) is 250 cm³/mol. The number of rotatable bonds is 18. The minimum atomic E-state index is -1.35. The Labute approximate surface area is 397 Å². The Balaban J connectivity index is 0.000000251. The van der Waals surface area contributed by atoms with Gasteiger partial charge in [0.1, 0.15) is 33.3 Å². The Bertz CT molecular complexity index is 2740. The van der Waals surface area contributed by atoms with Crippen molar-refractivity contribution >= 4 is 103 Å². The lowest BCUT2D eigenvalue weighted by molar-refractivity contribution is -0.142. The summed E-state index contributed by atoms with van der Waals surface area (Å²) >= 11 is 4.31. The van der Waals surface area contributed by atoms with Crippen molar-refractivity contribution in [2.45, 2.75) is 38.8 Å². The van der Waals surface area contributed by atoms with Crippen molar-refractivity contribution in [2.24, 2.45) is 0 Å². The standard InChI is InChI=1S/C22H22N4O6S2.C21H20N4O6S2/c1-12-18(34-22(24-12)26-17(28)10-13-5-3-6-14(27)9-13)20(30)25-15(21(31)32-2)11-23-19(29)16-7-4-8-33-16;1-11-17(33-21(23-11)25-16(27)9-12-4-2-5-13(26)8-12)19(29)24-14(20(30)31)10-22-18(28)15-6-3-7-32-15/h3-9,15,27H,10-11H2,1-2H3,(H,23,29)(H,25,30)(H,24,26,28);2-8,14,26H,9-10H2,1H3,(H,22,28)(H,24,29)(H,30,31)(H,23,25,27)/t15-;14-/m00/s1. The molecule has 4 aromatic heterocycles. The van der Waals surface area contributed by atoms with E-state index in [-0.39, 0.29) is 75.2 Å². The van der Waals surface area contributed by atoms with Crippen LogP contribution in [-0.4, -0.2) is 105 Å². The van der Waals surface area contributed by atoms with Crippen LogP contribution in [0.15, 0.2) is 83.6 Å². The fourth-order valence-corrected chi connectivity index (χ4v) is 8.77. The van der Waals surface area contributed by atoms with E-state index in [1.54, 1.807) is 73.1 Å². The van der Waals surface area contributed by atoms with Gasteiger partial charge in [-0.3, -0.25) is 28.8 Å². The number of benzene rings is 2. The van der Waals surface area contributed by atoms with E-state index in [9.17, 15) is 53.7 Å². The number of aromatic hydroxyl groups is 2. The number of esters is 1. The molecule has 0 saturated carbocycles. The van der Waals surface area contributed by atoms with Crippen molar-refractivity contribution in [3.63, 3.8) is 0 Å². The molecule has 20 nitrogen and oxygen atoms in total. The number of hydrogen-bond acceptors (Lipinski definition) is 17. The number of phenolic OH excluding ortho intramolecular Hbond substituents is 2. The summed E-state index contributed by atoms with van der Waals surface area (Å²) in [5.41, 5.74) is 1.90. The Morgan fingerprint density at radius 1 is 0.612 bits per heavy atom. The van der Waals surface area contributed by atoms with Gasteiger partial charge >= 0.3 is 11.9 Å². The van der Waals surface area contributed by atoms with Gasteiger partial charge in [-0.2, -0.15) is 0 Å². The minimum Gasteiger partial charge on any atom is -0.508 e. The first-order chi connectivity index (χ1) is 32.0. The number of ether oxygens (including phenoxy) is 1. The Kier molecular flexibility index (Phi) is 18.2. The number of aromatic nitrogens is 2. The molecule has 9 N–H and O–H groups in total. The number of carboxylic acids is 1. The molecule has 6 rings (SSSR count). The molecular formula is C43H42N8O12S4. The molecule has 0 bridgehead atoms. The molecule has 0 aliphatic rings. The summed E-state index contributed by atoms with van der Waals surface area (Å²) in [6.45, 7) is 2.69. The van der Waals surface area contributed by atoms with Crippen LogP contribution in [0.25, 0.3) is 0 Å². The molecule has 24 heteroatoms. The number of aryl methyl sites for hydroxylation is 2. The van der Waals surface area contributed by atoms with Crippen LogP contribution in [0, 0.1) is 13.8 Å². The zero-order valence-electron chi connectivity index (χ0n) is 35.6. The second kappa shape index (κ2) is 24.1. The summed E-state index contributed by atoms with van der Waals surface area (Å²) in [7, 11) is 1.18. The highest BCUT2D eigenvalue weighted by molar-refractivity contribution is 7.18. The maximum absolute atomic E-state index is 12.8. The van der Waals surface area contributed by atoms with Gasteiger partial charge in [0, 0.05) is 13.1 Å². The van der Waals surface area contributed by atoms with Crippen molar-refractivity contribution < 1.29 is 58.4 Å². The Morgan fingerprint density at radius 3 is 1.43 bits per heavy atom. The molecule has 0 saturated heterocycles. The maximum Gasteiger partial charge on any atom is 0.330 e. The summed E-state index contributed by atoms with van der Waals surface area (Å²) in [6, 6.07) is 16.8. The zero-order valence-corrected chi connectivity index (χ0v) is 38.9. The van der Waals surface area contributed by atoms with Crippen LogP contribution in [0.5, 0.6) is 11.5 Å². The van der Waals surface area contributed by atoms with E-state index in [0.717, 1.165) is 22.7 Å². The number of carbonyl (C=O) groups excluding carboxylic acids is 7. The number of amides is 6. The fraction of sp³-hybridized carbons (Fsp3) is 0.209. The number of nitrogens with zero attached hydrogens (tertiary/aromatic N) is 2. The zero-order chi connectivity index (χ0) is 48.6. The summed E-state index contributed by atoms with van der Waals surface area (Å²) in [4.78, 5) is 107. The molecule has 0 spiro atoms. The van der Waals surface area contributed by atoms with Crippen LogP contribution in [-0.2, 0) is 36.8 Å². The third-order valence-electron chi connectivity index (χ3n) is 8.87. The molecule has 4 heterocycles. The van der Waals surface area contributed by atoms with E-state index in [0.29, 0.717) is 32.3 Å². The SMILES string of the molecule is COC(=O)[C@H](CNC(=O)c1cccs1)NC(=O)c1sc(NC(=O)Cc2cccc(O)c2)nc1C.Cc1nc(NC(=O)Cc2cccc(O)c2)sc1C(=O)N[C@@H](CNC(=O)c1cccs1)C(=O)O. The Hall–Kier alpha value is -7.54. The van der Waals surface area contributed by atoms with Gasteiger partial charge < -0.3 is 52.0 Å². The van der Waals surface area contributed by atoms with Crippen LogP contribution >= 0.6 is 45.3 Å². The number of carboxylic acid groups (broad SMARTS) is 1. The number of nitrogens with one attached hydrogen (secondary N) is 6. The molecule has 0 aliphatic heterocycles. The van der Waals surface area contributed by atoms with Gasteiger partial charge in [-0.05, 0) is 72.1 Å². The number of thiophene rings is 2. The number of thiazole rings is 2. The van der Waals surface area contributed by atoms with E-state index < -0.39 is 41.7 Å². The molecular weight excluding hydrogens is 949 g/mol. The minimum absolute atomic E-state index is 0.000413. The summed E-state index contributed by atoms with van der Waals surface area (Å²) in [5, 5.41) is 47.5. The van der Waals surface area contributed by atoms with E-state index >= 15 is 0 Å². The number of methoxy groups -OCH3 is 1.